The van der Waals surface area contributed by atoms with Gasteiger partial charge in [-0.05, 0) is 0 Å². The Labute approximate surface area is 115 Å². The molecule has 3 atom stereocenters. The lowest BCUT2D eigenvalue weighted by Crippen LogP contribution is -2.50. The molecule has 1 aliphatic heterocycles. The van der Waals surface area contributed by atoms with Crippen molar-refractivity contribution in [2.75, 3.05) is 21.3 Å². The molecule has 0 aromatic heterocycles. The number of esters is 1. The quantitative estimate of drug-likeness (QED) is 0.549. The number of hydrogen-bond donors (Lipinski definition) is 0. The topological polar surface area (TPSA) is 85.4 Å². The van der Waals surface area contributed by atoms with Gasteiger partial charge in [-0.2, -0.15) is 5.01 Å². The first-order valence-corrected chi connectivity index (χ1v) is 6.04. The predicted molar refractivity (Wildman–Crippen MR) is 65.0 cm³/mol. The summed E-state index contributed by atoms with van der Waals surface area (Å²) in [5, 5.41) is 2.22. The molecule has 2 rings (SSSR count). The van der Waals surface area contributed by atoms with E-state index in [-0.39, 0.29) is 30.3 Å². The summed E-state index contributed by atoms with van der Waals surface area (Å²) in [5.74, 6) is -0.436. The predicted octanol–water partition coefficient (Wildman–Crippen LogP) is 0.743. The van der Waals surface area contributed by atoms with Crippen molar-refractivity contribution in [3.8, 4) is 0 Å². The van der Waals surface area contributed by atoms with Gasteiger partial charge in [0.2, 0.25) is 0 Å². The standard InChI is InChI=1S/C12H16N2O6/c1-18-9(15)6-8-7-4-5-13(11(16)19-2)14(10(7)8)12(17)20-3/h4-5,7-8,10H,6H2,1-3H3/t7-,8+,10-/m0/s1. The molecule has 0 aromatic rings. The molecule has 8 nitrogen and oxygen atoms in total. The smallest absolute Gasteiger partial charge is 0.432 e. The second kappa shape index (κ2) is 5.40. The summed E-state index contributed by atoms with van der Waals surface area (Å²) in [5.41, 5.74) is 0. The average Bonchev–Trinajstić information content (AvgIpc) is 3.17. The van der Waals surface area contributed by atoms with Crippen LogP contribution >= 0.6 is 0 Å². The highest BCUT2D eigenvalue weighted by atomic mass is 16.6. The Balaban J connectivity index is 2.17. The molecule has 0 N–H and O–H groups in total. The van der Waals surface area contributed by atoms with Gasteiger partial charge < -0.3 is 14.2 Å². The molecule has 1 saturated carbocycles. The molecule has 0 radical (unpaired) electrons. The Morgan fingerprint density at radius 3 is 2.25 bits per heavy atom. The summed E-state index contributed by atoms with van der Waals surface area (Å²) in [6.45, 7) is 0. The fraction of sp³-hybridized carbons (Fsp3) is 0.583. The van der Waals surface area contributed by atoms with Crippen LogP contribution in [-0.2, 0) is 19.0 Å². The van der Waals surface area contributed by atoms with Crippen molar-refractivity contribution in [1.82, 2.24) is 10.0 Å². The van der Waals surface area contributed by atoms with Gasteiger partial charge in [-0.25, -0.2) is 14.6 Å². The molecular weight excluding hydrogens is 268 g/mol. The van der Waals surface area contributed by atoms with Crippen LogP contribution in [0.3, 0.4) is 0 Å². The molecule has 1 heterocycles. The van der Waals surface area contributed by atoms with Crippen molar-refractivity contribution >= 4 is 18.2 Å². The van der Waals surface area contributed by atoms with Crippen LogP contribution in [0, 0.1) is 11.8 Å². The van der Waals surface area contributed by atoms with Crippen LogP contribution in [0.5, 0.6) is 0 Å². The first kappa shape index (κ1) is 14.2. The average molecular weight is 284 g/mol. The van der Waals surface area contributed by atoms with Gasteiger partial charge in [0.15, 0.2) is 0 Å². The van der Waals surface area contributed by atoms with Gasteiger partial charge >= 0.3 is 18.2 Å². The van der Waals surface area contributed by atoms with E-state index in [1.54, 1.807) is 6.08 Å². The summed E-state index contributed by atoms with van der Waals surface area (Å²) >= 11 is 0. The molecule has 0 bridgehead atoms. The minimum Gasteiger partial charge on any atom is -0.469 e. The zero-order valence-electron chi connectivity index (χ0n) is 11.4. The van der Waals surface area contributed by atoms with Crippen LogP contribution in [0.2, 0.25) is 0 Å². The summed E-state index contributed by atoms with van der Waals surface area (Å²) in [4.78, 5) is 34.8. The number of carbonyl (C=O) groups is 3. The molecule has 0 saturated heterocycles. The third-order valence-electron chi connectivity index (χ3n) is 3.50. The molecule has 0 aromatic carbocycles. The summed E-state index contributed by atoms with van der Waals surface area (Å²) in [6, 6.07) is -0.300. The molecule has 20 heavy (non-hydrogen) atoms. The number of methoxy groups -OCH3 is 3. The normalized spacial score (nSPS) is 26.6. The van der Waals surface area contributed by atoms with E-state index in [2.05, 4.69) is 14.2 Å². The van der Waals surface area contributed by atoms with Gasteiger partial charge in [-0.15, -0.1) is 0 Å². The molecule has 8 heteroatoms. The minimum absolute atomic E-state index is 0.00843. The monoisotopic (exact) mass is 284 g/mol. The number of amides is 2. The number of nitrogens with zero attached hydrogens (tertiary/aromatic N) is 2. The first-order chi connectivity index (χ1) is 9.54. The zero-order valence-corrected chi connectivity index (χ0v) is 11.4. The molecule has 1 fully saturated rings. The van der Waals surface area contributed by atoms with Gasteiger partial charge in [0, 0.05) is 18.0 Å². The fourth-order valence-corrected chi connectivity index (χ4v) is 2.46. The van der Waals surface area contributed by atoms with E-state index in [9.17, 15) is 14.4 Å². The number of fused-ring (bicyclic) bond motifs is 1. The highest BCUT2D eigenvalue weighted by molar-refractivity contribution is 5.77. The third kappa shape index (κ3) is 2.28. The maximum Gasteiger partial charge on any atom is 0.432 e. The molecular formula is C12H16N2O6. The van der Waals surface area contributed by atoms with Gasteiger partial charge in [-0.3, -0.25) is 4.79 Å². The second-order valence-corrected chi connectivity index (χ2v) is 4.48. The maximum atomic E-state index is 11.8. The summed E-state index contributed by atoms with van der Waals surface area (Å²) < 4.78 is 13.9. The Kier molecular flexibility index (Phi) is 3.82. The van der Waals surface area contributed by atoms with E-state index in [1.807, 2.05) is 0 Å². The maximum absolute atomic E-state index is 11.8. The van der Waals surface area contributed by atoms with Crippen LogP contribution in [0.15, 0.2) is 12.3 Å². The van der Waals surface area contributed by atoms with Crippen LogP contribution in [0.25, 0.3) is 0 Å². The van der Waals surface area contributed by atoms with Gasteiger partial charge in [-0.1, -0.05) is 6.08 Å². The fourth-order valence-electron chi connectivity index (χ4n) is 2.46. The minimum atomic E-state index is -0.700. The lowest BCUT2D eigenvalue weighted by molar-refractivity contribution is -0.141. The summed E-state index contributed by atoms with van der Waals surface area (Å²) in [6.07, 6.45) is 2.02. The van der Waals surface area contributed by atoms with Gasteiger partial charge in [0.05, 0.1) is 33.8 Å². The molecule has 2 aliphatic rings. The summed E-state index contributed by atoms with van der Waals surface area (Å²) in [7, 11) is 3.75. The highest BCUT2D eigenvalue weighted by Gasteiger charge is 2.59. The molecule has 0 unspecified atom stereocenters. The number of hydrazine groups is 1. The largest absolute Gasteiger partial charge is 0.469 e. The number of ether oxygens (including phenoxy) is 3. The van der Waals surface area contributed by atoms with Crippen LogP contribution in [0.1, 0.15) is 6.42 Å². The van der Waals surface area contributed by atoms with E-state index in [4.69, 9.17) is 0 Å². The molecule has 0 spiro atoms. The van der Waals surface area contributed by atoms with Crippen molar-refractivity contribution < 1.29 is 28.6 Å². The van der Waals surface area contributed by atoms with E-state index < -0.39 is 12.2 Å². The lowest BCUT2D eigenvalue weighted by Gasteiger charge is -2.32. The molecule has 110 valence electrons. The third-order valence-corrected chi connectivity index (χ3v) is 3.50. The number of carbonyl (C=O) groups excluding carboxylic acids is 3. The zero-order chi connectivity index (χ0) is 14.9. The Hall–Kier alpha value is -2.25. The number of hydrogen-bond acceptors (Lipinski definition) is 6. The highest BCUT2D eigenvalue weighted by Crippen LogP contribution is 2.50. The van der Waals surface area contributed by atoms with Crippen molar-refractivity contribution in [3.05, 3.63) is 12.3 Å². The van der Waals surface area contributed by atoms with E-state index in [1.165, 1.54) is 32.5 Å². The van der Waals surface area contributed by atoms with E-state index in [0.29, 0.717) is 0 Å². The van der Waals surface area contributed by atoms with Crippen molar-refractivity contribution in [2.24, 2.45) is 11.8 Å². The lowest BCUT2D eigenvalue weighted by atomic mass is 10.2. The van der Waals surface area contributed by atoms with Crippen LogP contribution in [0.4, 0.5) is 9.59 Å². The molecule has 1 aliphatic carbocycles. The second-order valence-electron chi connectivity index (χ2n) is 4.48. The van der Waals surface area contributed by atoms with Gasteiger partial charge in [0.25, 0.3) is 0 Å². The Morgan fingerprint density at radius 2 is 1.70 bits per heavy atom. The van der Waals surface area contributed by atoms with Crippen LogP contribution in [-0.4, -0.2) is 55.5 Å². The van der Waals surface area contributed by atoms with E-state index >= 15 is 0 Å². The SMILES string of the molecule is COC(=O)C[C@@H]1[C@@H]2C=CN(C(=O)OC)N(C(=O)OC)[C@@H]21. The van der Waals surface area contributed by atoms with Crippen molar-refractivity contribution in [3.63, 3.8) is 0 Å². The Bertz CT molecular complexity index is 463. The first-order valence-electron chi connectivity index (χ1n) is 6.04. The number of rotatable bonds is 2. The molecule has 2 amide bonds. The van der Waals surface area contributed by atoms with Gasteiger partial charge in [0.1, 0.15) is 0 Å². The van der Waals surface area contributed by atoms with Crippen molar-refractivity contribution in [1.29, 1.82) is 0 Å². The van der Waals surface area contributed by atoms with Crippen LogP contribution < -0.4 is 0 Å². The van der Waals surface area contributed by atoms with E-state index in [0.717, 1.165) is 5.01 Å². The Morgan fingerprint density at radius 1 is 1.05 bits per heavy atom. The van der Waals surface area contributed by atoms with Crippen molar-refractivity contribution in [2.45, 2.75) is 12.5 Å².